The molecule has 3 heterocycles. The van der Waals surface area contributed by atoms with Crippen LogP contribution in [0.1, 0.15) is 12.8 Å². The highest BCUT2D eigenvalue weighted by atomic mass is 35.5. The third kappa shape index (κ3) is 4.52. The zero-order valence-corrected chi connectivity index (χ0v) is 21.7. The van der Waals surface area contributed by atoms with Gasteiger partial charge in [0.15, 0.2) is 5.82 Å². The van der Waals surface area contributed by atoms with Gasteiger partial charge < -0.3 is 25.4 Å². The van der Waals surface area contributed by atoms with Crippen molar-refractivity contribution in [3.05, 3.63) is 52.3 Å². The minimum Gasteiger partial charge on any atom is -0.508 e. The number of phenolic OH excluding ortho intramolecular Hbond substituents is 1. The van der Waals surface area contributed by atoms with Gasteiger partial charge in [-0.3, -0.25) is 0 Å². The largest absolute Gasteiger partial charge is 0.508 e. The van der Waals surface area contributed by atoms with Crippen LogP contribution in [0.5, 0.6) is 11.8 Å². The molecule has 7 nitrogen and oxygen atoms in total. The van der Waals surface area contributed by atoms with E-state index in [0.29, 0.717) is 39.2 Å². The van der Waals surface area contributed by atoms with Gasteiger partial charge >= 0.3 is 6.01 Å². The Hall–Kier alpha value is -2.91. The molecular formula is C27H26Cl2FN5O2. The summed E-state index contributed by atoms with van der Waals surface area (Å²) in [6.07, 6.45) is 2.14. The molecule has 2 aliphatic rings. The summed E-state index contributed by atoms with van der Waals surface area (Å²) in [6, 6.07) is 10.5. The molecule has 192 valence electrons. The highest BCUT2D eigenvalue weighted by Gasteiger charge is 2.26. The van der Waals surface area contributed by atoms with Gasteiger partial charge in [-0.05, 0) is 61.6 Å². The number of aromatic nitrogens is 2. The molecule has 0 unspecified atom stereocenters. The standard InChI is InChI=1S/C27H26Cl2FN5O2/c1-35-7-3-5-16(35)13-37-27-33-25-19(26(34-27)32-15-11-31-12-15)10-21(29)23(24(25)30)18-9-17(36)8-14-4-2-6-20(28)22(14)18/h2,4,6,8-10,15-16,31,36H,3,5,7,11-13H2,1H3,(H,32,33,34)/t16-/m0/s1. The lowest BCUT2D eigenvalue weighted by Gasteiger charge is -2.29. The number of fused-ring (bicyclic) bond motifs is 2. The number of phenols is 1. The summed E-state index contributed by atoms with van der Waals surface area (Å²) < 4.78 is 22.4. The Morgan fingerprint density at radius 1 is 1.19 bits per heavy atom. The first-order chi connectivity index (χ1) is 17.9. The van der Waals surface area contributed by atoms with Crippen LogP contribution in [0.15, 0.2) is 36.4 Å². The molecule has 0 saturated carbocycles. The number of rotatable bonds is 6. The van der Waals surface area contributed by atoms with Gasteiger partial charge in [-0.15, -0.1) is 0 Å². The molecule has 1 atom stereocenters. The van der Waals surface area contributed by atoms with Gasteiger partial charge in [0.1, 0.15) is 23.7 Å². The Morgan fingerprint density at radius 3 is 2.76 bits per heavy atom. The molecule has 0 spiro atoms. The normalized spacial score (nSPS) is 18.4. The summed E-state index contributed by atoms with van der Waals surface area (Å²) in [7, 11) is 2.07. The van der Waals surface area contributed by atoms with Crippen LogP contribution in [0.3, 0.4) is 0 Å². The van der Waals surface area contributed by atoms with E-state index in [0.717, 1.165) is 32.5 Å². The molecule has 2 fully saturated rings. The van der Waals surface area contributed by atoms with Crippen molar-refractivity contribution in [1.29, 1.82) is 0 Å². The van der Waals surface area contributed by atoms with Crippen LogP contribution in [0.25, 0.3) is 32.8 Å². The number of benzene rings is 3. The summed E-state index contributed by atoms with van der Waals surface area (Å²) in [5, 5.41) is 19.3. The predicted molar refractivity (Wildman–Crippen MR) is 146 cm³/mol. The maximum Gasteiger partial charge on any atom is 0.319 e. The molecule has 37 heavy (non-hydrogen) atoms. The maximum absolute atomic E-state index is 16.4. The van der Waals surface area contributed by atoms with Gasteiger partial charge in [0.2, 0.25) is 0 Å². The minimum absolute atomic E-state index is 0.0208. The van der Waals surface area contributed by atoms with E-state index in [1.54, 1.807) is 30.3 Å². The smallest absolute Gasteiger partial charge is 0.319 e. The topological polar surface area (TPSA) is 82.5 Å². The van der Waals surface area contributed by atoms with Gasteiger partial charge in [-0.2, -0.15) is 9.97 Å². The zero-order chi connectivity index (χ0) is 25.7. The summed E-state index contributed by atoms with van der Waals surface area (Å²) in [4.78, 5) is 11.3. The average molecular weight is 542 g/mol. The first-order valence-electron chi connectivity index (χ1n) is 12.3. The monoisotopic (exact) mass is 541 g/mol. The lowest BCUT2D eigenvalue weighted by molar-refractivity contribution is 0.188. The van der Waals surface area contributed by atoms with E-state index in [9.17, 15) is 5.11 Å². The quantitative estimate of drug-likeness (QED) is 0.299. The van der Waals surface area contributed by atoms with E-state index in [1.807, 2.05) is 0 Å². The molecule has 3 N–H and O–H groups in total. The summed E-state index contributed by atoms with van der Waals surface area (Å²) in [6.45, 7) is 2.99. The van der Waals surface area contributed by atoms with Crippen LogP contribution in [0.2, 0.25) is 10.0 Å². The minimum atomic E-state index is -0.630. The second kappa shape index (κ2) is 9.76. The first-order valence-corrected chi connectivity index (χ1v) is 13.1. The number of likely N-dealkylation sites (tertiary alicyclic amines) is 1. The van der Waals surface area contributed by atoms with E-state index in [4.69, 9.17) is 27.9 Å². The second-order valence-electron chi connectivity index (χ2n) is 9.72. The van der Waals surface area contributed by atoms with Gasteiger partial charge in [0.05, 0.1) is 11.1 Å². The number of anilines is 1. The number of ether oxygens (including phenoxy) is 1. The molecule has 2 aliphatic heterocycles. The first kappa shape index (κ1) is 24.4. The van der Waals surface area contributed by atoms with E-state index in [-0.39, 0.29) is 39.9 Å². The molecule has 1 aromatic heterocycles. The molecule has 0 radical (unpaired) electrons. The van der Waals surface area contributed by atoms with Crippen molar-refractivity contribution < 1.29 is 14.2 Å². The van der Waals surface area contributed by atoms with Crippen LogP contribution in [-0.4, -0.2) is 65.3 Å². The van der Waals surface area contributed by atoms with Crippen LogP contribution < -0.4 is 15.4 Å². The van der Waals surface area contributed by atoms with Crippen LogP contribution >= 0.6 is 23.2 Å². The van der Waals surface area contributed by atoms with Crippen molar-refractivity contribution in [3.63, 3.8) is 0 Å². The lowest BCUT2D eigenvalue weighted by Crippen LogP contribution is -2.51. The van der Waals surface area contributed by atoms with Crippen molar-refractivity contribution in [2.24, 2.45) is 0 Å². The van der Waals surface area contributed by atoms with Crippen molar-refractivity contribution in [2.45, 2.75) is 24.9 Å². The SMILES string of the molecule is CN1CCC[C@H]1COc1nc(NC2CNC2)c2cc(Cl)c(-c3cc(O)cc4cccc(Cl)c34)c(F)c2n1. The molecule has 0 aliphatic carbocycles. The van der Waals surface area contributed by atoms with Gasteiger partial charge in [-0.25, -0.2) is 4.39 Å². The molecule has 6 rings (SSSR count). The molecule has 4 aromatic rings. The highest BCUT2D eigenvalue weighted by molar-refractivity contribution is 6.38. The number of halogens is 3. The van der Waals surface area contributed by atoms with Gasteiger partial charge in [0.25, 0.3) is 0 Å². The Morgan fingerprint density at radius 2 is 2.03 bits per heavy atom. The summed E-state index contributed by atoms with van der Waals surface area (Å²) >= 11 is 13.2. The number of hydrogen-bond acceptors (Lipinski definition) is 7. The molecule has 2 saturated heterocycles. The predicted octanol–water partition coefficient (Wildman–Crippen LogP) is 5.46. The zero-order valence-electron chi connectivity index (χ0n) is 20.2. The number of hydrogen-bond donors (Lipinski definition) is 3. The third-order valence-electron chi connectivity index (χ3n) is 7.24. The summed E-state index contributed by atoms with van der Waals surface area (Å²) in [5.41, 5.74) is 0.582. The van der Waals surface area contributed by atoms with Gasteiger partial charge in [-0.1, -0.05) is 35.3 Å². The van der Waals surface area contributed by atoms with E-state index >= 15 is 4.39 Å². The van der Waals surface area contributed by atoms with Crippen molar-refractivity contribution >= 4 is 50.7 Å². The molecule has 3 aromatic carbocycles. The average Bonchev–Trinajstić information content (AvgIpc) is 3.25. The number of likely N-dealkylation sites (N-methyl/N-ethyl adjacent to an activating group) is 1. The second-order valence-corrected chi connectivity index (χ2v) is 10.5. The van der Waals surface area contributed by atoms with Crippen molar-refractivity contribution in [3.8, 4) is 22.9 Å². The highest BCUT2D eigenvalue weighted by Crippen LogP contribution is 2.43. The van der Waals surface area contributed by atoms with E-state index in [1.165, 1.54) is 6.07 Å². The number of nitrogens with one attached hydrogen (secondary N) is 2. The van der Waals surface area contributed by atoms with E-state index in [2.05, 4.69) is 32.5 Å². The number of aromatic hydroxyl groups is 1. The maximum atomic E-state index is 16.4. The van der Waals surface area contributed by atoms with Gasteiger partial charge in [0, 0.05) is 40.5 Å². The fraction of sp³-hybridized carbons (Fsp3) is 0.333. The number of nitrogens with zero attached hydrogens (tertiary/aromatic N) is 3. The van der Waals surface area contributed by atoms with Crippen LogP contribution in [0, 0.1) is 5.82 Å². The Labute approximate surface area is 223 Å². The van der Waals surface area contributed by atoms with Crippen LogP contribution in [0.4, 0.5) is 10.2 Å². The summed E-state index contributed by atoms with van der Waals surface area (Å²) in [5.74, 6) is -0.181. The Balaban J connectivity index is 1.51. The van der Waals surface area contributed by atoms with Crippen molar-refractivity contribution in [2.75, 3.05) is 38.6 Å². The van der Waals surface area contributed by atoms with E-state index < -0.39 is 5.82 Å². The van der Waals surface area contributed by atoms with Crippen molar-refractivity contribution in [1.82, 2.24) is 20.2 Å². The molecule has 0 bridgehead atoms. The molecular weight excluding hydrogens is 516 g/mol. The lowest BCUT2D eigenvalue weighted by atomic mass is 9.96. The Kier molecular flexibility index (Phi) is 6.44. The molecule has 10 heteroatoms. The third-order valence-corrected chi connectivity index (χ3v) is 7.85. The Bertz CT molecular complexity index is 1510. The fourth-order valence-corrected chi connectivity index (χ4v) is 5.68. The van der Waals surface area contributed by atoms with Crippen LogP contribution in [-0.2, 0) is 0 Å². The fourth-order valence-electron chi connectivity index (χ4n) is 5.10. The molecule has 0 amide bonds.